The average Bonchev–Trinajstić information content (AvgIpc) is 2.82. The van der Waals surface area contributed by atoms with Gasteiger partial charge in [0.05, 0.1) is 19.1 Å². The van der Waals surface area contributed by atoms with E-state index in [0.29, 0.717) is 35.7 Å². The highest BCUT2D eigenvalue weighted by atomic mass is 32.2. The second-order valence-electron chi connectivity index (χ2n) is 7.16. The van der Waals surface area contributed by atoms with Gasteiger partial charge < -0.3 is 14.4 Å². The summed E-state index contributed by atoms with van der Waals surface area (Å²) in [6.45, 7) is 0.511. The molecule has 3 aromatic rings. The summed E-state index contributed by atoms with van der Waals surface area (Å²) in [7, 11) is 1.22. The predicted octanol–water partition coefficient (Wildman–Crippen LogP) is 3.82. The van der Waals surface area contributed by atoms with E-state index >= 15 is 0 Å². The number of likely N-dealkylation sites (N-methyl/N-ethyl adjacent to an activating group) is 1. The molecular weight excluding hydrogens is 428 g/mol. The Morgan fingerprint density at radius 3 is 2.19 bits per heavy atom. The molecule has 0 aromatic heterocycles. The van der Waals surface area contributed by atoms with Crippen molar-refractivity contribution in [3.63, 3.8) is 0 Å². The molecule has 0 aliphatic heterocycles. The van der Waals surface area contributed by atoms with Crippen LogP contribution in [0.15, 0.2) is 77.7 Å². The molecule has 3 rings (SSSR count). The second kappa shape index (κ2) is 10.2. The van der Waals surface area contributed by atoms with Crippen molar-refractivity contribution in [1.29, 1.82) is 0 Å². The van der Waals surface area contributed by atoms with E-state index in [4.69, 9.17) is 9.47 Å². The number of hydrogen-bond donors (Lipinski definition) is 1. The van der Waals surface area contributed by atoms with Crippen LogP contribution in [0.3, 0.4) is 0 Å². The van der Waals surface area contributed by atoms with Gasteiger partial charge in [-0.3, -0.25) is 9.52 Å². The molecule has 0 aliphatic rings. The third-order valence-electron chi connectivity index (χ3n) is 4.97. The Morgan fingerprint density at radius 1 is 0.906 bits per heavy atom. The lowest BCUT2D eigenvalue weighted by Crippen LogP contribution is -2.28. The molecule has 8 heteroatoms. The molecular formula is C24H26N2O5S. The van der Waals surface area contributed by atoms with Gasteiger partial charge >= 0.3 is 0 Å². The van der Waals surface area contributed by atoms with Crippen molar-refractivity contribution < 1.29 is 22.7 Å². The fourth-order valence-corrected chi connectivity index (χ4v) is 4.23. The van der Waals surface area contributed by atoms with E-state index in [-0.39, 0.29) is 10.8 Å². The monoisotopic (exact) mass is 454 g/mol. The van der Waals surface area contributed by atoms with Crippen molar-refractivity contribution in [1.82, 2.24) is 4.90 Å². The number of benzene rings is 3. The quantitative estimate of drug-likeness (QED) is 0.531. The second-order valence-corrected chi connectivity index (χ2v) is 8.84. The van der Waals surface area contributed by atoms with Gasteiger partial charge in [0.25, 0.3) is 15.9 Å². The van der Waals surface area contributed by atoms with E-state index in [0.717, 1.165) is 5.56 Å². The van der Waals surface area contributed by atoms with Gasteiger partial charge in [-0.25, -0.2) is 8.42 Å². The first-order chi connectivity index (χ1) is 15.3. The van der Waals surface area contributed by atoms with Crippen LogP contribution in [0.25, 0.3) is 0 Å². The lowest BCUT2D eigenvalue weighted by atomic mass is 10.1. The molecule has 7 nitrogen and oxygen atoms in total. The number of carbonyl (C=O) groups is 1. The van der Waals surface area contributed by atoms with Crippen LogP contribution in [0.5, 0.6) is 11.5 Å². The SMILES string of the molecule is COc1ccc(CCN(C)C(=O)c2ccc(NS(=O)(=O)c3ccccc3)cc2)cc1OC. The number of hydrogen-bond acceptors (Lipinski definition) is 5. The number of ether oxygens (including phenoxy) is 2. The van der Waals surface area contributed by atoms with Crippen LogP contribution < -0.4 is 14.2 Å². The highest BCUT2D eigenvalue weighted by molar-refractivity contribution is 7.92. The van der Waals surface area contributed by atoms with Crippen LogP contribution >= 0.6 is 0 Å². The van der Waals surface area contributed by atoms with Crippen LogP contribution in [0.2, 0.25) is 0 Å². The molecule has 0 unspecified atom stereocenters. The summed E-state index contributed by atoms with van der Waals surface area (Å²) in [4.78, 5) is 14.6. The molecule has 0 spiro atoms. The smallest absolute Gasteiger partial charge is 0.261 e. The zero-order valence-corrected chi connectivity index (χ0v) is 19.1. The molecule has 0 heterocycles. The molecule has 168 valence electrons. The lowest BCUT2D eigenvalue weighted by Gasteiger charge is -2.18. The van der Waals surface area contributed by atoms with E-state index < -0.39 is 10.0 Å². The minimum absolute atomic E-state index is 0.150. The third-order valence-corrected chi connectivity index (χ3v) is 6.37. The minimum Gasteiger partial charge on any atom is -0.493 e. The predicted molar refractivity (Wildman–Crippen MR) is 124 cm³/mol. The Morgan fingerprint density at radius 2 is 1.56 bits per heavy atom. The van der Waals surface area contributed by atoms with Gasteiger partial charge in [0.15, 0.2) is 11.5 Å². The lowest BCUT2D eigenvalue weighted by molar-refractivity contribution is 0.0796. The molecule has 32 heavy (non-hydrogen) atoms. The summed E-state index contributed by atoms with van der Waals surface area (Å²) in [5.41, 5.74) is 1.88. The van der Waals surface area contributed by atoms with Crippen molar-refractivity contribution in [2.24, 2.45) is 0 Å². The Labute approximate surface area is 188 Å². The zero-order valence-electron chi connectivity index (χ0n) is 18.2. The fraction of sp³-hybridized carbons (Fsp3) is 0.208. The number of nitrogens with zero attached hydrogens (tertiary/aromatic N) is 1. The number of nitrogens with one attached hydrogen (secondary N) is 1. The number of carbonyl (C=O) groups excluding carboxylic acids is 1. The van der Waals surface area contributed by atoms with Gasteiger partial charge in [0.2, 0.25) is 0 Å². The van der Waals surface area contributed by atoms with Crippen molar-refractivity contribution in [3.05, 3.63) is 83.9 Å². The Kier molecular flexibility index (Phi) is 7.37. The number of amides is 1. The normalized spacial score (nSPS) is 11.0. The topological polar surface area (TPSA) is 84.9 Å². The number of rotatable bonds is 9. The van der Waals surface area contributed by atoms with E-state index in [2.05, 4.69) is 4.72 Å². The first-order valence-corrected chi connectivity index (χ1v) is 11.5. The first-order valence-electron chi connectivity index (χ1n) is 9.98. The van der Waals surface area contributed by atoms with E-state index in [1.54, 1.807) is 68.6 Å². The number of sulfonamides is 1. The highest BCUT2D eigenvalue weighted by Gasteiger charge is 2.15. The summed E-state index contributed by atoms with van der Waals surface area (Å²) < 4.78 is 38.0. The third kappa shape index (κ3) is 5.59. The van der Waals surface area contributed by atoms with Gasteiger partial charge in [-0.2, -0.15) is 0 Å². The van der Waals surface area contributed by atoms with Crippen molar-refractivity contribution >= 4 is 21.6 Å². The van der Waals surface area contributed by atoms with Crippen molar-refractivity contribution in [2.75, 3.05) is 32.5 Å². The van der Waals surface area contributed by atoms with E-state index in [1.165, 1.54) is 12.1 Å². The molecule has 3 aromatic carbocycles. The van der Waals surface area contributed by atoms with E-state index in [9.17, 15) is 13.2 Å². The number of anilines is 1. The molecule has 0 saturated carbocycles. The molecule has 0 atom stereocenters. The Bertz CT molecular complexity index is 1160. The van der Waals surface area contributed by atoms with Crippen molar-refractivity contribution in [3.8, 4) is 11.5 Å². The van der Waals surface area contributed by atoms with Crippen molar-refractivity contribution in [2.45, 2.75) is 11.3 Å². The van der Waals surface area contributed by atoms with Crippen LogP contribution in [0.1, 0.15) is 15.9 Å². The largest absolute Gasteiger partial charge is 0.493 e. The van der Waals surface area contributed by atoms with Crippen LogP contribution in [-0.4, -0.2) is 47.0 Å². The maximum atomic E-state index is 12.8. The molecule has 1 amide bonds. The van der Waals surface area contributed by atoms with Gasteiger partial charge in [-0.05, 0) is 60.5 Å². The van der Waals surface area contributed by atoms with Gasteiger partial charge in [0.1, 0.15) is 0 Å². The highest BCUT2D eigenvalue weighted by Crippen LogP contribution is 2.27. The average molecular weight is 455 g/mol. The van der Waals surface area contributed by atoms with E-state index in [1.807, 2.05) is 18.2 Å². The Hall–Kier alpha value is -3.52. The summed E-state index contributed by atoms with van der Waals surface area (Å²) >= 11 is 0. The van der Waals surface area contributed by atoms with Crippen LogP contribution in [0, 0.1) is 0 Å². The molecule has 0 saturated heterocycles. The van der Waals surface area contributed by atoms with Gasteiger partial charge in [0, 0.05) is 24.8 Å². The summed E-state index contributed by atoms with van der Waals surface area (Å²) in [5, 5.41) is 0. The summed E-state index contributed by atoms with van der Waals surface area (Å²) in [6, 6.07) is 20.2. The molecule has 1 N–H and O–H groups in total. The maximum Gasteiger partial charge on any atom is 0.261 e. The number of methoxy groups -OCH3 is 2. The fourth-order valence-electron chi connectivity index (χ4n) is 3.15. The molecule has 0 bridgehead atoms. The zero-order chi connectivity index (χ0) is 23.1. The van der Waals surface area contributed by atoms with Gasteiger partial charge in [-0.1, -0.05) is 24.3 Å². The van der Waals surface area contributed by atoms with Crippen LogP contribution in [0.4, 0.5) is 5.69 Å². The summed E-state index contributed by atoms with van der Waals surface area (Å²) in [5.74, 6) is 1.15. The molecule has 0 fully saturated rings. The van der Waals surface area contributed by atoms with Crippen LogP contribution in [-0.2, 0) is 16.4 Å². The maximum absolute atomic E-state index is 12.8. The first kappa shape index (κ1) is 23.1. The Balaban J connectivity index is 1.61. The standard InChI is InChI=1S/C24H26N2O5S/c1-26(16-15-18-9-14-22(30-2)23(17-18)31-3)24(27)19-10-12-20(13-11-19)25-32(28,29)21-7-5-4-6-8-21/h4-14,17,25H,15-16H2,1-3H3. The van der Waals surface area contributed by atoms with Gasteiger partial charge in [-0.15, -0.1) is 0 Å². The summed E-state index contributed by atoms with van der Waals surface area (Å²) in [6.07, 6.45) is 0.650. The molecule has 0 aliphatic carbocycles. The minimum atomic E-state index is -3.68. The molecule has 0 radical (unpaired) electrons.